The van der Waals surface area contributed by atoms with Gasteiger partial charge in [-0.1, -0.05) is 19.8 Å². The quantitative estimate of drug-likeness (QED) is 0.716. The van der Waals surface area contributed by atoms with Gasteiger partial charge in [-0.25, -0.2) is 9.37 Å². The van der Waals surface area contributed by atoms with Crippen LogP contribution in [0.3, 0.4) is 0 Å². The highest BCUT2D eigenvalue weighted by Crippen LogP contribution is 2.37. The molecule has 1 heterocycles. The van der Waals surface area contributed by atoms with Crippen molar-refractivity contribution < 1.29 is 9.50 Å². The molecule has 1 fully saturated rings. The third kappa shape index (κ3) is 3.56. The molecule has 0 atom stereocenters. The number of anilines is 2. The number of nitrogens with zero attached hydrogens (tertiary/aromatic N) is 2. The van der Waals surface area contributed by atoms with E-state index in [1.165, 1.54) is 6.20 Å². The first-order valence-electron chi connectivity index (χ1n) is 7.30. The predicted molar refractivity (Wildman–Crippen MR) is 77.2 cm³/mol. The van der Waals surface area contributed by atoms with Crippen molar-refractivity contribution in [1.82, 2.24) is 9.97 Å². The van der Waals surface area contributed by atoms with E-state index in [9.17, 15) is 9.50 Å². The lowest BCUT2D eigenvalue weighted by Gasteiger charge is -2.26. The number of halogens is 1. The molecule has 0 saturated heterocycles. The summed E-state index contributed by atoms with van der Waals surface area (Å²) in [6.45, 7) is 3.48. The molecule has 1 saturated carbocycles. The molecular formula is C14H23FN4O. The zero-order valence-electron chi connectivity index (χ0n) is 12.0. The Morgan fingerprint density at radius 3 is 2.75 bits per heavy atom. The van der Waals surface area contributed by atoms with Gasteiger partial charge in [0, 0.05) is 18.5 Å². The Morgan fingerprint density at radius 1 is 1.35 bits per heavy atom. The molecule has 1 aromatic rings. The second-order valence-corrected chi connectivity index (χ2v) is 5.54. The third-order valence-electron chi connectivity index (χ3n) is 3.91. The Hall–Kier alpha value is -1.43. The molecule has 0 bridgehead atoms. The Bertz CT molecular complexity index is 435. The second kappa shape index (κ2) is 6.83. The molecule has 20 heavy (non-hydrogen) atoms. The normalized spacial score (nSPS) is 17.1. The summed E-state index contributed by atoms with van der Waals surface area (Å²) in [5, 5.41) is 15.6. The van der Waals surface area contributed by atoms with Gasteiger partial charge in [-0.3, -0.25) is 0 Å². The summed E-state index contributed by atoms with van der Waals surface area (Å²) in [5.41, 5.74) is -0.131. The number of hydrogen-bond donors (Lipinski definition) is 3. The van der Waals surface area contributed by atoms with Gasteiger partial charge in [0.2, 0.25) is 5.95 Å². The molecule has 1 aliphatic rings. The van der Waals surface area contributed by atoms with Gasteiger partial charge < -0.3 is 15.7 Å². The van der Waals surface area contributed by atoms with Crippen molar-refractivity contribution in [2.24, 2.45) is 5.41 Å². The molecule has 0 amide bonds. The molecule has 0 aromatic carbocycles. The lowest BCUT2D eigenvalue weighted by Crippen LogP contribution is -2.31. The molecule has 1 aliphatic carbocycles. The van der Waals surface area contributed by atoms with Gasteiger partial charge in [0.1, 0.15) is 0 Å². The van der Waals surface area contributed by atoms with Crippen LogP contribution in [0.15, 0.2) is 6.20 Å². The maximum Gasteiger partial charge on any atom is 0.224 e. The van der Waals surface area contributed by atoms with Crippen LogP contribution in [-0.4, -0.2) is 34.8 Å². The molecule has 0 aliphatic heterocycles. The van der Waals surface area contributed by atoms with E-state index in [4.69, 9.17) is 0 Å². The molecule has 1 aromatic heterocycles. The summed E-state index contributed by atoms with van der Waals surface area (Å²) in [7, 11) is 0. The molecule has 0 radical (unpaired) electrons. The van der Waals surface area contributed by atoms with Crippen LogP contribution < -0.4 is 10.6 Å². The minimum absolute atomic E-state index is 0.131. The maximum atomic E-state index is 13.7. The van der Waals surface area contributed by atoms with Crippen LogP contribution in [0.2, 0.25) is 0 Å². The van der Waals surface area contributed by atoms with E-state index in [0.717, 1.165) is 38.6 Å². The molecular weight excluding hydrogens is 259 g/mol. The first-order valence-corrected chi connectivity index (χ1v) is 7.30. The fourth-order valence-electron chi connectivity index (χ4n) is 2.60. The first-order chi connectivity index (χ1) is 9.69. The lowest BCUT2D eigenvalue weighted by molar-refractivity contribution is 0.142. The van der Waals surface area contributed by atoms with Gasteiger partial charge in [-0.2, -0.15) is 4.98 Å². The van der Waals surface area contributed by atoms with Crippen LogP contribution in [0.5, 0.6) is 0 Å². The van der Waals surface area contributed by atoms with Crippen molar-refractivity contribution in [1.29, 1.82) is 0 Å². The van der Waals surface area contributed by atoms with Crippen LogP contribution in [0.1, 0.15) is 39.0 Å². The van der Waals surface area contributed by atoms with Gasteiger partial charge in [-0.15, -0.1) is 0 Å². The predicted octanol–water partition coefficient (Wildman–Crippen LogP) is 2.40. The summed E-state index contributed by atoms with van der Waals surface area (Å²) < 4.78 is 13.7. The fraction of sp³-hybridized carbons (Fsp3) is 0.714. The van der Waals surface area contributed by atoms with Gasteiger partial charge in [0.15, 0.2) is 11.6 Å². The average molecular weight is 282 g/mol. The van der Waals surface area contributed by atoms with Crippen molar-refractivity contribution >= 4 is 11.8 Å². The Kier molecular flexibility index (Phi) is 5.11. The number of rotatable bonds is 7. The SMILES string of the molecule is CCCNc1ncc(F)c(NCC2(CO)CCCC2)n1. The molecule has 5 nitrogen and oxygen atoms in total. The summed E-state index contributed by atoms with van der Waals surface area (Å²) in [6, 6.07) is 0. The summed E-state index contributed by atoms with van der Waals surface area (Å²) in [5.74, 6) is 0.177. The largest absolute Gasteiger partial charge is 0.396 e. The van der Waals surface area contributed by atoms with Gasteiger partial charge >= 0.3 is 0 Å². The maximum absolute atomic E-state index is 13.7. The number of aliphatic hydroxyl groups excluding tert-OH is 1. The third-order valence-corrected chi connectivity index (χ3v) is 3.91. The van der Waals surface area contributed by atoms with Crippen LogP contribution in [0.4, 0.5) is 16.2 Å². The molecule has 112 valence electrons. The molecule has 2 rings (SSSR count). The zero-order valence-corrected chi connectivity index (χ0v) is 12.0. The lowest BCUT2D eigenvalue weighted by atomic mass is 9.87. The van der Waals surface area contributed by atoms with E-state index >= 15 is 0 Å². The molecule has 0 unspecified atom stereocenters. The van der Waals surface area contributed by atoms with Crippen LogP contribution in [-0.2, 0) is 0 Å². The number of nitrogens with one attached hydrogen (secondary N) is 2. The Balaban J connectivity index is 2.00. The highest BCUT2D eigenvalue weighted by Gasteiger charge is 2.33. The zero-order chi connectivity index (χ0) is 14.4. The summed E-state index contributed by atoms with van der Waals surface area (Å²) in [4.78, 5) is 8.05. The van der Waals surface area contributed by atoms with E-state index in [0.29, 0.717) is 12.5 Å². The highest BCUT2D eigenvalue weighted by atomic mass is 19.1. The smallest absolute Gasteiger partial charge is 0.224 e. The van der Waals surface area contributed by atoms with Gasteiger partial charge in [0.05, 0.1) is 12.8 Å². The highest BCUT2D eigenvalue weighted by molar-refractivity contribution is 5.41. The topological polar surface area (TPSA) is 70.1 Å². The minimum atomic E-state index is -0.460. The first kappa shape index (κ1) is 15.0. The van der Waals surface area contributed by atoms with E-state index < -0.39 is 5.82 Å². The average Bonchev–Trinajstić information content (AvgIpc) is 2.94. The van der Waals surface area contributed by atoms with Crippen molar-refractivity contribution in [2.45, 2.75) is 39.0 Å². The minimum Gasteiger partial charge on any atom is -0.396 e. The molecule has 0 spiro atoms. The van der Waals surface area contributed by atoms with Crippen LogP contribution >= 0.6 is 0 Å². The molecule has 3 N–H and O–H groups in total. The van der Waals surface area contributed by atoms with Crippen molar-refractivity contribution in [3.63, 3.8) is 0 Å². The van der Waals surface area contributed by atoms with Crippen LogP contribution in [0.25, 0.3) is 0 Å². The van der Waals surface area contributed by atoms with Crippen molar-refractivity contribution in [3.8, 4) is 0 Å². The van der Waals surface area contributed by atoms with Crippen molar-refractivity contribution in [3.05, 3.63) is 12.0 Å². The second-order valence-electron chi connectivity index (χ2n) is 5.54. The van der Waals surface area contributed by atoms with Crippen molar-refractivity contribution in [2.75, 3.05) is 30.3 Å². The van der Waals surface area contributed by atoms with E-state index in [-0.39, 0.29) is 17.8 Å². The van der Waals surface area contributed by atoms with Gasteiger partial charge in [0.25, 0.3) is 0 Å². The Labute approximate surface area is 119 Å². The number of aromatic nitrogens is 2. The van der Waals surface area contributed by atoms with Gasteiger partial charge in [-0.05, 0) is 19.3 Å². The fourth-order valence-corrected chi connectivity index (χ4v) is 2.60. The standard InChI is InChI=1S/C14H23FN4O/c1-2-7-16-13-17-8-11(15)12(19-13)18-9-14(10-20)5-3-4-6-14/h8,20H,2-7,9-10H2,1H3,(H2,16,17,18,19). The number of aliphatic hydroxyl groups is 1. The van der Waals surface area contributed by atoms with E-state index in [1.54, 1.807) is 0 Å². The Morgan fingerprint density at radius 2 is 2.10 bits per heavy atom. The summed E-state index contributed by atoms with van der Waals surface area (Å²) in [6.07, 6.45) is 6.33. The van der Waals surface area contributed by atoms with Crippen LogP contribution in [0, 0.1) is 11.2 Å². The number of hydrogen-bond acceptors (Lipinski definition) is 5. The molecule has 6 heteroatoms. The van der Waals surface area contributed by atoms with E-state index in [1.807, 2.05) is 6.92 Å². The summed E-state index contributed by atoms with van der Waals surface area (Å²) >= 11 is 0. The monoisotopic (exact) mass is 282 g/mol. The van der Waals surface area contributed by atoms with E-state index in [2.05, 4.69) is 20.6 Å².